The van der Waals surface area contributed by atoms with E-state index in [-0.39, 0.29) is 12.3 Å². The van der Waals surface area contributed by atoms with E-state index < -0.39 is 0 Å². The van der Waals surface area contributed by atoms with Crippen LogP contribution >= 0.6 is 11.6 Å². The molecule has 1 fully saturated rings. The van der Waals surface area contributed by atoms with Crippen molar-refractivity contribution in [3.05, 3.63) is 40.5 Å². The first-order valence-corrected chi connectivity index (χ1v) is 8.75. The van der Waals surface area contributed by atoms with Crippen LogP contribution in [0.2, 0.25) is 11.3 Å². The summed E-state index contributed by atoms with van der Waals surface area (Å²) < 4.78 is 2.21. The molecule has 1 aromatic heterocycles. The quantitative estimate of drug-likeness (QED) is 0.714. The Morgan fingerprint density at radius 1 is 1.35 bits per heavy atom. The normalized spacial score (nSPS) is 17.1. The van der Waals surface area contributed by atoms with E-state index >= 15 is 0 Å². The lowest BCUT2D eigenvalue weighted by molar-refractivity contribution is 0.444. The van der Waals surface area contributed by atoms with Crippen molar-refractivity contribution in [2.24, 2.45) is 0 Å². The van der Waals surface area contributed by atoms with Crippen molar-refractivity contribution in [2.75, 3.05) is 0 Å². The zero-order chi connectivity index (χ0) is 16.6. The molecule has 0 radical (unpaired) electrons. The van der Waals surface area contributed by atoms with E-state index in [0.29, 0.717) is 0 Å². The van der Waals surface area contributed by atoms with Crippen molar-refractivity contribution < 1.29 is 0 Å². The molecule has 1 aliphatic carbocycles. The monoisotopic (exact) mass is 325 g/mol. The van der Waals surface area contributed by atoms with E-state index in [4.69, 9.17) is 16.7 Å². The van der Waals surface area contributed by atoms with E-state index in [1.54, 1.807) is 0 Å². The second-order valence-corrected chi connectivity index (χ2v) is 6.74. The third-order valence-corrected chi connectivity index (χ3v) is 5.10. The Labute approximate surface area is 143 Å². The Hall–Kier alpha value is -1.73. The minimum Gasteiger partial charge on any atom is -0.264 e. The number of nitrogens with zero attached hydrogens (tertiary/aromatic N) is 3. The molecule has 0 unspecified atom stereocenters. The van der Waals surface area contributed by atoms with Crippen LogP contribution in [0.1, 0.15) is 37.9 Å². The molecule has 0 saturated heterocycles. The minimum atomic E-state index is 0.121. The van der Waals surface area contributed by atoms with Crippen molar-refractivity contribution >= 4 is 18.3 Å². The van der Waals surface area contributed by atoms with E-state index in [9.17, 15) is 5.26 Å². The number of nitriles is 1. The molecule has 4 rings (SSSR count). The largest absolute Gasteiger partial charge is 0.276 e. The van der Waals surface area contributed by atoms with Crippen LogP contribution in [0.3, 0.4) is 0 Å². The molecule has 0 atom stereocenters. The molecule has 1 aliphatic heterocycles. The molecule has 2 aromatic rings. The maximum atomic E-state index is 9.33. The summed E-state index contributed by atoms with van der Waals surface area (Å²) in [7, 11) is 0. The Bertz CT molecular complexity index is 771. The lowest BCUT2D eigenvalue weighted by Crippen LogP contribution is -2.35. The van der Waals surface area contributed by atoms with E-state index in [0.717, 1.165) is 41.8 Å². The summed E-state index contributed by atoms with van der Waals surface area (Å²) >= 11 is 6.11. The lowest BCUT2D eigenvalue weighted by Gasteiger charge is -2.26. The Morgan fingerprint density at radius 3 is 2.70 bits per heavy atom. The van der Waals surface area contributed by atoms with E-state index in [1.165, 1.54) is 11.3 Å². The predicted molar refractivity (Wildman–Crippen MR) is 95.8 cm³/mol. The molecule has 2 heterocycles. The van der Waals surface area contributed by atoms with Gasteiger partial charge in [-0.1, -0.05) is 37.6 Å². The van der Waals surface area contributed by atoms with Crippen molar-refractivity contribution in [1.29, 1.82) is 5.26 Å². The third-order valence-electron chi connectivity index (χ3n) is 4.87. The first-order valence-electron chi connectivity index (χ1n) is 8.37. The zero-order valence-electron chi connectivity index (χ0n) is 13.9. The highest BCUT2D eigenvalue weighted by atomic mass is 35.5. The number of hydrogen-bond acceptors (Lipinski definition) is 2. The average Bonchev–Trinajstić information content (AvgIpc) is 3.25. The predicted octanol–water partition coefficient (Wildman–Crippen LogP) is 4.68. The van der Waals surface area contributed by atoms with Gasteiger partial charge in [-0.3, -0.25) is 4.68 Å². The Kier molecular flexibility index (Phi) is 4.25. The summed E-state index contributed by atoms with van der Waals surface area (Å²) in [5.41, 5.74) is 4.63. The number of rotatable bonds is 1. The molecule has 1 aromatic carbocycles. The van der Waals surface area contributed by atoms with Gasteiger partial charge in [0.2, 0.25) is 0 Å². The van der Waals surface area contributed by atoms with Gasteiger partial charge in [0.1, 0.15) is 0 Å². The highest BCUT2D eigenvalue weighted by Crippen LogP contribution is 2.51. The number of aromatic nitrogens is 2. The molecule has 5 heteroatoms. The van der Waals surface area contributed by atoms with Gasteiger partial charge in [0.15, 0.2) is 0 Å². The van der Waals surface area contributed by atoms with Crippen LogP contribution in [-0.4, -0.2) is 16.5 Å². The van der Waals surface area contributed by atoms with Gasteiger partial charge in [-0.05, 0) is 50.1 Å². The molecule has 1 saturated carbocycles. The molecule has 1 spiro atoms. The van der Waals surface area contributed by atoms with Gasteiger partial charge in [-0.15, -0.1) is 0 Å². The third kappa shape index (κ3) is 2.68. The second-order valence-electron chi connectivity index (χ2n) is 6.30. The van der Waals surface area contributed by atoms with Crippen molar-refractivity contribution in [1.82, 2.24) is 9.78 Å². The fourth-order valence-electron chi connectivity index (χ4n) is 3.58. The first-order chi connectivity index (χ1) is 11.1. The van der Waals surface area contributed by atoms with Crippen LogP contribution in [0.15, 0.2) is 24.3 Å². The maximum absolute atomic E-state index is 9.33. The van der Waals surface area contributed by atoms with E-state index in [1.807, 2.05) is 32.0 Å². The van der Waals surface area contributed by atoms with E-state index in [2.05, 4.69) is 23.6 Å². The van der Waals surface area contributed by atoms with Crippen molar-refractivity contribution in [3.8, 4) is 17.2 Å². The van der Waals surface area contributed by atoms with Gasteiger partial charge in [0, 0.05) is 22.2 Å². The van der Waals surface area contributed by atoms with Gasteiger partial charge >= 0.3 is 0 Å². The number of hydrogen-bond donors (Lipinski definition) is 0. The summed E-state index contributed by atoms with van der Waals surface area (Å²) in [6.45, 7) is 6.24. The van der Waals surface area contributed by atoms with Crippen LogP contribution < -0.4 is 0 Å². The molecule has 2 aliphatic rings. The minimum absolute atomic E-state index is 0.121. The molecular weight excluding hydrogens is 304 g/mol. The molecule has 118 valence electrons. The molecule has 0 bridgehead atoms. The molecule has 0 N–H and O–H groups in total. The summed E-state index contributed by atoms with van der Waals surface area (Å²) in [6.07, 6.45) is 4.06. The first kappa shape index (κ1) is 16.1. The number of benzene rings is 1. The SMILES string of the molecule is CC.Cc1c(-c2cccc(Cl)c2)nn2c1CB(C#N)CC21CC1. The second kappa shape index (κ2) is 6.05. The van der Waals surface area contributed by atoms with Crippen LogP contribution in [-0.2, 0) is 11.9 Å². The van der Waals surface area contributed by atoms with Gasteiger partial charge in [-0.25, -0.2) is 5.26 Å². The summed E-state index contributed by atoms with van der Waals surface area (Å²) in [6, 6.07) is 7.85. The zero-order valence-corrected chi connectivity index (χ0v) is 14.7. The van der Waals surface area contributed by atoms with Crippen molar-refractivity contribution in [2.45, 2.75) is 51.8 Å². The smallest absolute Gasteiger partial charge is 0.264 e. The summed E-state index contributed by atoms with van der Waals surface area (Å²) in [5.74, 6) is 2.46. The van der Waals surface area contributed by atoms with Crippen LogP contribution in [0, 0.1) is 18.2 Å². The molecule has 23 heavy (non-hydrogen) atoms. The average molecular weight is 326 g/mol. The fraction of sp³-hybridized carbons (Fsp3) is 0.444. The van der Waals surface area contributed by atoms with Gasteiger partial charge in [0.25, 0.3) is 6.71 Å². The van der Waals surface area contributed by atoms with Gasteiger partial charge < -0.3 is 0 Å². The Morgan fingerprint density at radius 2 is 2.09 bits per heavy atom. The standard InChI is InChI=1S/C16H15BClN3.C2H6/c1-11-14-8-17(10-19)9-16(5-6-16)21(14)20-15(11)12-3-2-4-13(18)7-12;1-2/h2-4,7H,5-6,8-9H2,1H3;1-2H3. The highest BCUT2D eigenvalue weighted by molar-refractivity contribution is 6.66. The van der Waals surface area contributed by atoms with Gasteiger partial charge in [0.05, 0.1) is 11.2 Å². The fourth-order valence-corrected chi connectivity index (χ4v) is 3.77. The van der Waals surface area contributed by atoms with Gasteiger partial charge in [-0.2, -0.15) is 5.10 Å². The van der Waals surface area contributed by atoms with Crippen LogP contribution in [0.25, 0.3) is 11.3 Å². The number of halogens is 1. The Balaban J connectivity index is 0.000000753. The topological polar surface area (TPSA) is 41.6 Å². The maximum Gasteiger partial charge on any atom is 0.276 e. The lowest BCUT2D eigenvalue weighted by atomic mass is 9.42. The molecule has 3 nitrogen and oxygen atoms in total. The van der Waals surface area contributed by atoms with Crippen LogP contribution in [0.5, 0.6) is 0 Å². The summed E-state index contributed by atoms with van der Waals surface area (Å²) in [4.78, 5) is 0. The highest BCUT2D eigenvalue weighted by Gasteiger charge is 2.52. The van der Waals surface area contributed by atoms with Crippen LogP contribution in [0.4, 0.5) is 0 Å². The molecular formula is C18H21BClN3. The summed E-state index contributed by atoms with van der Waals surface area (Å²) in [5, 5.41) is 15.0. The molecule has 0 amide bonds. The van der Waals surface area contributed by atoms with Crippen molar-refractivity contribution in [3.63, 3.8) is 0 Å². The number of fused-ring (bicyclic) bond motifs is 2.